The molecule has 3 heterocycles. The second-order valence-electron chi connectivity index (χ2n) is 6.38. The molecule has 0 amide bonds. The van der Waals surface area contributed by atoms with Gasteiger partial charge in [0.1, 0.15) is 0 Å². The van der Waals surface area contributed by atoms with Gasteiger partial charge in [-0.05, 0) is 36.4 Å². The molecule has 0 aliphatic carbocycles. The van der Waals surface area contributed by atoms with Crippen molar-refractivity contribution in [3.8, 4) is 22.5 Å². The van der Waals surface area contributed by atoms with Gasteiger partial charge in [-0.15, -0.1) is 0 Å². The third-order valence-electron chi connectivity index (χ3n) is 4.63. The van der Waals surface area contributed by atoms with Crippen LogP contribution in [0.25, 0.3) is 33.4 Å². The largest absolute Gasteiger partial charge is 0.478 e. The van der Waals surface area contributed by atoms with Crippen molar-refractivity contribution in [2.45, 2.75) is 0 Å². The number of aromatic nitrogens is 2. The molecule has 0 spiro atoms. The fourth-order valence-corrected chi connectivity index (χ4v) is 3.22. The first-order valence-electron chi connectivity index (χ1n) is 8.61. The first-order valence-corrected chi connectivity index (χ1v) is 8.61. The number of carbonyl (C=O) groups is 1. The molecule has 0 unspecified atom stereocenters. The summed E-state index contributed by atoms with van der Waals surface area (Å²) in [7, 11) is 0. The molecule has 1 aliphatic heterocycles. The van der Waals surface area contributed by atoms with Crippen LogP contribution in [-0.2, 0) is 4.94 Å². The molecule has 0 bridgehead atoms. The van der Waals surface area contributed by atoms with Crippen LogP contribution in [0, 0.1) is 0 Å². The number of pyridine rings is 2. The molecule has 0 fully saturated rings. The molecule has 3 N–H and O–H groups in total. The summed E-state index contributed by atoms with van der Waals surface area (Å²) in [6, 6.07) is 18.3. The Bertz CT molecular complexity index is 1220. The summed E-state index contributed by atoms with van der Waals surface area (Å²) in [6.07, 6.45) is 1.74. The molecule has 2 aromatic carbocycles. The Morgan fingerprint density at radius 3 is 2.54 bits per heavy atom. The van der Waals surface area contributed by atoms with Gasteiger partial charge in [-0.25, -0.2) is 20.7 Å². The highest BCUT2D eigenvalue weighted by Gasteiger charge is 2.15. The van der Waals surface area contributed by atoms with Gasteiger partial charge in [0.15, 0.2) is 0 Å². The first kappa shape index (κ1) is 16.2. The minimum atomic E-state index is -0.954. The van der Waals surface area contributed by atoms with E-state index in [0.29, 0.717) is 0 Å². The summed E-state index contributed by atoms with van der Waals surface area (Å²) < 4.78 is 0. The Labute approximate surface area is 159 Å². The van der Waals surface area contributed by atoms with E-state index >= 15 is 0 Å². The summed E-state index contributed by atoms with van der Waals surface area (Å²) in [5.41, 5.74) is 11.5. The van der Waals surface area contributed by atoms with Gasteiger partial charge in [0.05, 0.1) is 33.8 Å². The van der Waals surface area contributed by atoms with Crippen molar-refractivity contribution < 1.29 is 14.8 Å². The lowest BCUT2D eigenvalue weighted by Crippen LogP contribution is -1.96. The van der Waals surface area contributed by atoms with E-state index in [2.05, 4.69) is 15.9 Å². The number of benzene rings is 2. The highest BCUT2D eigenvalue weighted by molar-refractivity contribution is 5.95. The van der Waals surface area contributed by atoms with Crippen molar-refractivity contribution >= 4 is 28.2 Å². The second-order valence-corrected chi connectivity index (χ2v) is 6.38. The molecular formula is C21H14N4O3. The van der Waals surface area contributed by atoms with Crippen LogP contribution in [0.15, 0.2) is 66.9 Å². The van der Waals surface area contributed by atoms with E-state index in [1.54, 1.807) is 30.5 Å². The molecule has 0 saturated heterocycles. The van der Waals surface area contributed by atoms with Crippen molar-refractivity contribution in [3.63, 3.8) is 0 Å². The smallest absolute Gasteiger partial charge is 0.335 e. The number of nitrogens with zero attached hydrogens (tertiary/aromatic N) is 2. The Kier molecular flexibility index (Phi) is 3.67. The SMILES string of the molecule is O=C(O)c1ccc(-c2cc3cccnc3c(-c3ccc4c(c3)NON4)n2)cc1. The fraction of sp³-hybridized carbons (Fsp3) is 0. The summed E-state index contributed by atoms with van der Waals surface area (Å²) in [5, 5.41) is 10.1. The van der Waals surface area contributed by atoms with Crippen LogP contribution < -0.4 is 11.0 Å². The minimum Gasteiger partial charge on any atom is -0.478 e. The van der Waals surface area contributed by atoms with Crippen LogP contribution in [0.5, 0.6) is 0 Å². The van der Waals surface area contributed by atoms with E-state index in [-0.39, 0.29) is 5.56 Å². The summed E-state index contributed by atoms with van der Waals surface area (Å²) in [4.78, 5) is 25.5. The maximum atomic E-state index is 11.1. The van der Waals surface area contributed by atoms with Crippen LogP contribution in [-0.4, -0.2) is 21.0 Å². The lowest BCUT2D eigenvalue weighted by atomic mass is 10.0. The number of fused-ring (bicyclic) bond motifs is 2. The standard InChI is InChI=1S/C21H14N4O3/c26-21(27)13-5-3-12(4-6-13)17-10-14-2-1-9-22-19(14)20(23-17)15-7-8-16-18(11-15)25-28-24-16/h1-11,24-25H,(H,26,27). The van der Waals surface area contributed by atoms with Crippen molar-refractivity contribution in [2.75, 3.05) is 11.0 Å². The van der Waals surface area contributed by atoms with Gasteiger partial charge in [0, 0.05) is 22.7 Å². The topological polar surface area (TPSA) is 96.4 Å². The van der Waals surface area contributed by atoms with Crippen molar-refractivity contribution in [1.82, 2.24) is 9.97 Å². The van der Waals surface area contributed by atoms with Gasteiger partial charge in [-0.3, -0.25) is 4.98 Å². The van der Waals surface area contributed by atoms with E-state index in [4.69, 9.17) is 15.0 Å². The Balaban J connectivity index is 1.69. The molecule has 4 aromatic rings. The molecular weight excluding hydrogens is 356 g/mol. The number of anilines is 2. The number of rotatable bonds is 3. The highest BCUT2D eigenvalue weighted by atomic mass is 16.8. The van der Waals surface area contributed by atoms with Gasteiger partial charge >= 0.3 is 5.97 Å². The molecule has 0 saturated carbocycles. The second kappa shape index (κ2) is 6.33. The molecule has 1 aliphatic rings. The normalized spacial score (nSPS) is 12.3. The summed E-state index contributed by atoms with van der Waals surface area (Å²) in [5.74, 6) is -0.954. The third-order valence-corrected chi connectivity index (χ3v) is 4.63. The minimum absolute atomic E-state index is 0.239. The van der Waals surface area contributed by atoms with E-state index in [1.807, 2.05) is 36.4 Å². The van der Waals surface area contributed by atoms with Gasteiger partial charge in [0.2, 0.25) is 0 Å². The number of nitrogens with one attached hydrogen (secondary N) is 2. The average Bonchev–Trinajstić information content (AvgIpc) is 3.21. The Hall–Kier alpha value is -3.97. The van der Waals surface area contributed by atoms with E-state index < -0.39 is 5.97 Å². The predicted molar refractivity (Wildman–Crippen MR) is 106 cm³/mol. The molecule has 136 valence electrons. The lowest BCUT2D eigenvalue weighted by Gasteiger charge is -2.10. The van der Waals surface area contributed by atoms with Crippen LogP contribution in [0.2, 0.25) is 0 Å². The quantitative estimate of drug-likeness (QED) is 0.493. The zero-order valence-corrected chi connectivity index (χ0v) is 14.5. The molecule has 0 atom stereocenters. The third kappa shape index (κ3) is 2.70. The van der Waals surface area contributed by atoms with Crippen LogP contribution in [0.4, 0.5) is 11.4 Å². The molecule has 28 heavy (non-hydrogen) atoms. The zero-order valence-electron chi connectivity index (χ0n) is 14.5. The Morgan fingerprint density at radius 1 is 0.929 bits per heavy atom. The van der Waals surface area contributed by atoms with Crippen molar-refractivity contribution in [2.24, 2.45) is 0 Å². The lowest BCUT2D eigenvalue weighted by molar-refractivity contribution is 0.0697. The van der Waals surface area contributed by atoms with Crippen LogP contribution in [0.1, 0.15) is 10.4 Å². The van der Waals surface area contributed by atoms with E-state index in [1.165, 1.54) is 0 Å². The summed E-state index contributed by atoms with van der Waals surface area (Å²) in [6.45, 7) is 0. The average molecular weight is 370 g/mol. The fourth-order valence-electron chi connectivity index (χ4n) is 3.22. The number of carboxylic acids is 1. The number of hydrogen-bond acceptors (Lipinski definition) is 6. The van der Waals surface area contributed by atoms with E-state index in [0.717, 1.165) is 44.8 Å². The van der Waals surface area contributed by atoms with Crippen molar-refractivity contribution in [3.05, 3.63) is 72.4 Å². The molecule has 2 aromatic heterocycles. The van der Waals surface area contributed by atoms with Gasteiger partial charge in [-0.2, -0.15) is 4.94 Å². The van der Waals surface area contributed by atoms with Gasteiger partial charge in [0.25, 0.3) is 0 Å². The Morgan fingerprint density at radius 2 is 1.71 bits per heavy atom. The molecule has 7 nitrogen and oxygen atoms in total. The predicted octanol–water partition coefficient (Wildman–Crippen LogP) is 4.35. The van der Waals surface area contributed by atoms with Crippen LogP contribution >= 0.6 is 0 Å². The first-order chi connectivity index (χ1) is 13.7. The number of carboxylic acid groups (broad SMARTS) is 1. The molecule has 0 radical (unpaired) electrons. The maximum absolute atomic E-state index is 11.1. The maximum Gasteiger partial charge on any atom is 0.335 e. The van der Waals surface area contributed by atoms with Gasteiger partial charge < -0.3 is 5.11 Å². The monoisotopic (exact) mass is 370 g/mol. The van der Waals surface area contributed by atoms with E-state index in [9.17, 15) is 4.79 Å². The van der Waals surface area contributed by atoms with Crippen molar-refractivity contribution in [1.29, 1.82) is 0 Å². The van der Waals surface area contributed by atoms with Crippen LogP contribution in [0.3, 0.4) is 0 Å². The molecule has 7 heteroatoms. The molecule has 5 rings (SSSR count). The highest BCUT2D eigenvalue weighted by Crippen LogP contribution is 2.35. The number of aromatic carboxylic acids is 1. The summed E-state index contributed by atoms with van der Waals surface area (Å²) >= 11 is 0. The van der Waals surface area contributed by atoms with Gasteiger partial charge in [-0.1, -0.05) is 24.3 Å². The number of hydrogen-bond donors (Lipinski definition) is 3. The zero-order chi connectivity index (χ0) is 19.1.